The van der Waals surface area contributed by atoms with E-state index in [0.717, 1.165) is 25.4 Å². The zero-order valence-corrected chi connectivity index (χ0v) is 11.2. The van der Waals surface area contributed by atoms with Gasteiger partial charge < -0.3 is 9.64 Å². The minimum absolute atomic E-state index is 0.175. The molecule has 0 radical (unpaired) electrons. The number of carbonyl (C=O) groups is 1. The van der Waals surface area contributed by atoms with Crippen LogP contribution in [0.1, 0.15) is 13.8 Å². The summed E-state index contributed by atoms with van der Waals surface area (Å²) in [6, 6.07) is 0. The molecule has 3 N–H and O–H groups in total. The number of methoxy groups -OCH3 is 1. The van der Waals surface area contributed by atoms with Gasteiger partial charge in [0.05, 0.1) is 6.61 Å². The van der Waals surface area contributed by atoms with Crippen molar-refractivity contribution in [1.29, 1.82) is 0 Å². The maximum atomic E-state index is 11.4. The van der Waals surface area contributed by atoms with Gasteiger partial charge in [-0.15, -0.1) is 11.8 Å². The monoisotopic (exact) mass is 249 g/mol. The molecule has 1 amide bonds. The van der Waals surface area contributed by atoms with E-state index in [4.69, 9.17) is 10.6 Å². The third-order valence-electron chi connectivity index (χ3n) is 2.37. The second kappa shape index (κ2) is 9.89. The molecule has 0 aromatic rings. The van der Waals surface area contributed by atoms with E-state index in [1.165, 1.54) is 0 Å². The second-order valence-electron chi connectivity index (χ2n) is 3.35. The van der Waals surface area contributed by atoms with Gasteiger partial charge in [0.15, 0.2) is 0 Å². The number of nitrogens with two attached hydrogens (primary N) is 1. The predicted octanol–water partition coefficient (Wildman–Crippen LogP) is 0.0663. The topological polar surface area (TPSA) is 67.6 Å². The zero-order valence-electron chi connectivity index (χ0n) is 10.4. The fourth-order valence-electron chi connectivity index (χ4n) is 1.31. The molecule has 0 aliphatic rings. The van der Waals surface area contributed by atoms with E-state index in [0.29, 0.717) is 6.61 Å². The molecule has 0 spiro atoms. The number of rotatable bonds is 9. The number of carbonyl (C=O) groups excluding carboxylic acids is 1. The number of hydrogen-bond donors (Lipinski definition) is 2. The smallest absolute Gasteiger partial charge is 0.249 e. The number of ether oxygens (including phenoxy) is 1. The third kappa shape index (κ3) is 6.32. The van der Waals surface area contributed by atoms with E-state index in [9.17, 15) is 4.79 Å². The van der Waals surface area contributed by atoms with Crippen LogP contribution in [0.25, 0.3) is 0 Å². The fourth-order valence-corrected chi connectivity index (χ4v) is 2.41. The van der Waals surface area contributed by atoms with Gasteiger partial charge in [-0.25, -0.2) is 5.84 Å². The first kappa shape index (κ1) is 15.7. The van der Waals surface area contributed by atoms with Crippen LogP contribution in [0.2, 0.25) is 0 Å². The Morgan fingerprint density at radius 3 is 2.56 bits per heavy atom. The van der Waals surface area contributed by atoms with Gasteiger partial charge in [-0.2, -0.15) is 0 Å². The summed E-state index contributed by atoms with van der Waals surface area (Å²) in [6.07, 6.45) is 0. The number of nitrogens with one attached hydrogen (secondary N) is 1. The van der Waals surface area contributed by atoms with E-state index < -0.39 is 0 Å². The molecule has 0 bridgehead atoms. The van der Waals surface area contributed by atoms with Gasteiger partial charge in [0, 0.05) is 19.4 Å². The highest BCUT2D eigenvalue weighted by Crippen LogP contribution is 2.11. The van der Waals surface area contributed by atoms with Crippen molar-refractivity contribution in [3.8, 4) is 0 Å². The fraction of sp³-hybridized carbons (Fsp3) is 0.900. The summed E-state index contributed by atoms with van der Waals surface area (Å²) in [6.45, 7) is 7.71. The second-order valence-corrected chi connectivity index (χ2v) is 4.66. The van der Waals surface area contributed by atoms with Gasteiger partial charge in [-0.05, 0) is 13.1 Å². The Hall–Kier alpha value is -0.300. The number of nitrogens with zero attached hydrogens (tertiary/aromatic N) is 1. The first-order chi connectivity index (χ1) is 7.69. The molecule has 0 heterocycles. The molecule has 96 valence electrons. The summed E-state index contributed by atoms with van der Waals surface area (Å²) in [5, 5.41) is -0.217. The highest BCUT2D eigenvalue weighted by molar-refractivity contribution is 8.00. The number of hydrazine groups is 1. The molecule has 0 aromatic heterocycles. The molecule has 0 aromatic carbocycles. The Kier molecular flexibility index (Phi) is 9.71. The maximum Gasteiger partial charge on any atom is 0.249 e. The van der Waals surface area contributed by atoms with Gasteiger partial charge in [0.1, 0.15) is 5.25 Å². The van der Waals surface area contributed by atoms with Crippen molar-refractivity contribution in [1.82, 2.24) is 10.3 Å². The quantitative estimate of drug-likeness (QED) is 0.344. The van der Waals surface area contributed by atoms with Crippen LogP contribution in [-0.4, -0.2) is 55.2 Å². The Bertz CT molecular complexity index is 189. The normalized spacial score (nSPS) is 12.8. The molecule has 1 atom stereocenters. The largest absolute Gasteiger partial charge is 0.383 e. The van der Waals surface area contributed by atoms with Crippen molar-refractivity contribution in [3.63, 3.8) is 0 Å². The van der Waals surface area contributed by atoms with Gasteiger partial charge in [0.25, 0.3) is 0 Å². The number of amides is 1. The number of hydrogen-bond acceptors (Lipinski definition) is 5. The van der Waals surface area contributed by atoms with Crippen LogP contribution in [0.4, 0.5) is 0 Å². The average molecular weight is 249 g/mol. The van der Waals surface area contributed by atoms with Crippen LogP contribution < -0.4 is 11.3 Å². The van der Waals surface area contributed by atoms with E-state index >= 15 is 0 Å². The lowest BCUT2D eigenvalue weighted by atomic mass is 10.4. The van der Waals surface area contributed by atoms with Crippen LogP contribution >= 0.6 is 11.8 Å². The van der Waals surface area contributed by atoms with Crippen molar-refractivity contribution in [2.75, 3.05) is 39.1 Å². The highest BCUT2D eigenvalue weighted by atomic mass is 32.2. The minimum atomic E-state index is -0.217. The number of thioether (sulfide) groups is 1. The summed E-state index contributed by atoms with van der Waals surface area (Å²) in [5.74, 6) is 5.84. The van der Waals surface area contributed by atoms with Crippen LogP contribution in [0.5, 0.6) is 0 Å². The molecule has 0 aliphatic carbocycles. The Balaban J connectivity index is 3.87. The zero-order chi connectivity index (χ0) is 12.4. The summed E-state index contributed by atoms with van der Waals surface area (Å²) < 4.78 is 4.99. The first-order valence-electron chi connectivity index (χ1n) is 5.52. The molecule has 0 saturated carbocycles. The molecule has 0 rings (SSSR count). The molecule has 1 unspecified atom stereocenters. The van der Waals surface area contributed by atoms with Gasteiger partial charge >= 0.3 is 0 Å². The summed E-state index contributed by atoms with van der Waals surface area (Å²) in [5.41, 5.74) is 2.16. The van der Waals surface area contributed by atoms with Crippen LogP contribution in [0, 0.1) is 0 Å². The summed E-state index contributed by atoms with van der Waals surface area (Å²) in [7, 11) is 1.59. The van der Waals surface area contributed by atoms with E-state index in [1.54, 1.807) is 18.9 Å². The molecular weight excluding hydrogens is 226 g/mol. The molecule has 0 fully saturated rings. The molecule has 0 aliphatic heterocycles. The van der Waals surface area contributed by atoms with Gasteiger partial charge in [-0.3, -0.25) is 10.2 Å². The van der Waals surface area contributed by atoms with Gasteiger partial charge in [-0.1, -0.05) is 13.8 Å². The lowest BCUT2D eigenvalue weighted by Crippen LogP contribution is -2.40. The van der Waals surface area contributed by atoms with Crippen LogP contribution in [-0.2, 0) is 9.53 Å². The molecule has 16 heavy (non-hydrogen) atoms. The summed E-state index contributed by atoms with van der Waals surface area (Å²) in [4.78, 5) is 13.7. The molecular formula is C10H23N3O2S. The van der Waals surface area contributed by atoms with Crippen molar-refractivity contribution in [2.45, 2.75) is 19.1 Å². The Labute approximate surface area is 102 Å². The average Bonchev–Trinajstić information content (AvgIpc) is 2.32. The third-order valence-corrected chi connectivity index (χ3v) is 3.54. The SMILES string of the molecule is CCN(CC)CCSC(COC)C(=O)NN. The Morgan fingerprint density at radius 2 is 2.12 bits per heavy atom. The van der Waals surface area contributed by atoms with Crippen molar-refractivity contribution >= 4 is 17.7 Å². The van der Waals surface area contributed by atoms with Crippen LogP contribution in [0.3, 0.4) is 0 Å². The standard InChI is InChI=1S/C10H23N3O2S/c1-4-13(5-2)6-7-16-9(8-15-3)10(14)12-11/h9H,4-8,11H2,1-3H3,(H,12,14). The Morgan fingerprint density at radius 1 is 1.50 bits per heavy atom. The minimum Gasteiger partial charge on any atom is -0.383 e. The summed E-state index contributed by atoms with van der Waals surface area (Å²) >= 11 is 1.58. The molecule has 5 nitrogen and oxygen atoms in total. The predicted molar refractivity (Wildman–Crippen MR) is 68.2 cm³/mol. The lowest BCUT2D eigenvalue weighted by molar-refractivity contribution is -0.121. The molecule has 0 saturated heterocycles. The van der Waals surface area contributed by atoms with Crippen molar-refractivity contribution < 1.29 is 9.53 Å². The van der Waals surface area contributed by atoms with Crippen molar-refractivity contribution in [2.24, 2.45) is 5.84 Å². The van der Waals surface area contributed by atoms with E-state index in [2.05, 4.69) is 24.2 Å². The van der Waals surface area contributed by atoms with E-state index in [1.807, 2.05) is 0 Å². The molecule has 6 heteroatoms. The van der Waals surface area contributed by atoms with Gasteiger partial charge in [0.2, 0.25) is 5.91 Å². The van der Waals surface area contributed by atoms with Crippen LogP contribution in [0.15, 0.2) is 0 Å². The maximum absolute atomic E-state index is 11.4. The highest BCUT2D eigenvalue weighted by Gasteiger charge is 2.17. The first-order valence-corrected chi connectivity index (χ1v) is 6.57. The van der Waals surface area contributed by atoms with Crippen molar-refractivity contribution in [3.05, 3.63) is 0 Å². The van der Waals surface area contributed by atoms with E-state index in [-0.39, 0.29) is 11.2 Å². The lowest BCUT2D eigenvalue weighted by Gasteiger charge is -2.19.